The molecule has 6 nitrogen and oxygen atoms in total. The molecule has 1 amide bonds. The zero-order valence-corrected chi connectivity index (χ0v) is 11.5. The van der Waals surface area contributed by atoms with Crippen molar-refractivity contribution in [3.05, 3.63) is 47.9 Å². The van der Waals surface area contributed by atoms with Crippen molar-refractivity contribution in [3.63, 3.8) is 0 Å². The van der Waals surface area contributed by atoms with Crippen molar-refractivity contribution >= 4 is 12.2 Å². The Kier molecular flexibility index (Phi) is 4.98. The van der Waals surface area contributed by atoms with Gasteiger partial charge in [-0.1, -0.05) is 0 Å². The average molecular weight is 289 g/mol. The topological polar surface area (TPSA) is 77.8 Å². The summed E-state index contributed by atoms with van der Waals surface area (Å²) in [5, 5.41) is 2.65. The highest BCUT2D eigenvalue weighted by atomic mass is 16.5. The predicted octanol–water partition coefficient (Wildman–Crippen LogP) is 1.80. The molecular formula is C15H15NO5. The van der Waals surface area contributed by atoms with E-state index in [1.807, 2.05) is 0 Å². The molecular weight excluding hydrogens is 274 g/mol. The molecule has 0 radical (unpaired) electrons. The largest absolute Gasteiger partial charge is 0.493 e. The van der Waals surface area contributed by atoms with E-state index in [-0.39, 0.29) is 12.5 Å². The van der Waals surface area contributed by atoms with Crippen LogP contribution >= 0.6 is 0 Å². The molecule has 2 aromatic rings. The van der Waals surface area contributed by atoms with E-state index in [9.17, 15) is 9.59 Å². The number of hydrogen-bond donors (Lipinski definition) is 1. The summed E-state index contributed by atoms with van der Waals surface area (Å²) in [5.41, 5.74) is 0.446. The number of hydrogen-bond acceptors (Lipinski definition) is 5. The van der Waals surface area contributed by atoms with Gasteiger partial charge in [-0.05, 0) is 30.3 Å². The first kappa shape index (κ1) is 14.6. The highest BCUT2D eigenvalue weighted by molar-refractivity contribution is 5.78. The van der Waals surface area contributed by atoms with Crippen LogP contribution in [0.1, 0.15) is 16.1 Å². The molecule has 0 unspecified atom stereocenters. The monoisotopic (exact) mass is 289 g/mol. The van der Waals surface area contributed by atoms with Gasteiger partial charge >= 0.3 is 0 Å². The fraction of sp³-hybridized carbons (Fsp3) is 0.200. The van der Waals surface area contributed by atoms with E-state index in [2.05, 4.69) is 5.32 Å². The smallest absolute Gasteiger partial charge is 0.258 e. The standard InChI is InChI=1S/C15H15NO5/c1-19-13-5-4-11(9-17)7-14(13)21-10-15(18)16-8-12-3-2-6-20-12/h2-7,9H,8,10H2,1H3,(H,16,18). The summed E-state index contributed by atoms with van der Waals surface area (Å²) >= 11 is 0. The van der Waals surface area contributed by atoms with Crippen LogP contribution < -0.4 is 14.8 Å². The minimum atomic E-state index is -0.301. The minimum Gasteiger partial charge on any atom is -0.493 e. The van der Waals surface area contributed by atoms with Crippen molar-refractivity contribution < 1.29 is 23.5 Å². The van der Waals surface area contributed by atoms with Gasteiger partial charge < -0.3 is 19.2 Å². The maximum absolute atomic E-state index is 11.7. The van der Waals surface area contributed by atoms with Crippen LogP contribution in [0.4, 0.5) is 0 Å². The zero-order chi connectivity index (χ0) is 15.1. The molecule has 0 aliphatic carbocycles. The first-order valence-corrected chi connectivity index (χ1v) is 6.28. The molecule has 0 spiro atoms. The van der Waals surface area contributed by atoms with Crippen LogP contribution in [0.3, 0.4) is 0 Å². The van der Waals surface area contributed by atoms with Gasteiger partial charge in [-0.2, -0.15) is 0 Å². The van der Waals surface area contributed by atoms with Crippen LogP contribution in [-0.4, -0.2) is 25.9 Å². The number of nitrogens with one attached hydrogen (secondary N) is 1. The van der Waals surface area contributed by atoms with Crippen molar-refractivity contribution in [1.29, 1.82) is 0 Å². The van der Waals surface area contributed by atoms with Gasteiger partial charge in [-0.25, -0.2) is 0 Å². The summed E-state index contributed by atoms with van der Waals surface area (Å²) < 4.78 is 15.6. The van der Waals surface area contributed by atoms with E-state index in [0.717, 1.165) is 0 Å². The molecule has 0 atom stereocenters. The summed E-state index contributed by atoms with van der Waals surface area (Å²) in [4.78, 5) is 22.4. The van der Waals surface area contributed by atoms with Crippen molar-refractivity contribution in [2.75, 3.05) is 13.7 Å². The second-order valence-electron chi connectivity index (χ2n) is 4.17. The third-order valence-electron chi connectivity index (χ3n) is 2.72. The molecule has 110 valence electrons. The first-order chi connectivity index (χ1) is 10.2. The van der Waals surface area contributed by atoms with E-state index >= 15 is 0 Å². The number of methoxy groups -OCH3 is 1. The van der Waals surface area contributed by atoms with Crippen LogP contribution in [0.2, 0.25) is 0 Å². The van der Waals surface area contributed by atoms with Crippen molar-refractivity contribution in [1.82, 2.24) is 5.32 Å². The molecule has 6 heteroatoms. The van der Waals surface area contributed by atoms with Gasteiger partial charge in [-0.3, -0.25) is 9.59 Å². The lowest BCUT2D eigenvalue weighted by Crippen LogP contribution is -2.28. The van der Waals surface area contributed by atoms with Gasteiger partial charge in [0, 0.05) is 5.56 Å². The SMILES string of the molecule is COc1ccc(C=O)cc1OCC(=O)NCc1ccco1. The van der Waals surface area contributed by atoms with E-state index in [0.29, 0.717) is 35.7 Å². The average Bonchev–Trinajstić information content (AvgIpc) is 3.04. The molecule has 21 heavy (non-hydrogen) atoms. The maximum Gasteiger partial charge on any atom is 0.258 e. The summed E-state index contributed by atoms with van der Waals surface area (Å²) in [5.74, 6) is 1.16. The second-order valence-corrected chi connectivity index (χ2v) is 4.17. The Bertz CT molecular complexity index is 607. The molecule has 0 aliphatic heterocycles. The number of furan rings is 1. The summed E-state index contributed by atoms with van der Waals surface area (Å²) in [6.45, 7) is 0.111. The van der Waals surface area contributed by atoms with Gasteiger partial charge in [0.05, 0.1) is 19.9 Å². The Morgan fingerprint density at radius 1 is 1.33 bits per heavy atom. The molecule has 0 saturated carbocycles. The van der Waals surface area contributed by atoms with Gasteiger partial charge in [0.15, 0.2) is 18.1 Å². The Labute approximate surface area is 121 Å². The van der Waals surface area contributed by atoms with Crippen molar-refractivity contribution in [3.8, 4) is 11.5 Å². The van der Waals surface area contributed by atoms with Gasteiger partial charge in [0.2, 0.25) is 0 Å². The summed E-state index contributed by atoms with van der Waals surface area (Å²) in [6.07, 6.45) is 2.23. The number of carbonyl (C=O) groups excluding carboxylic acids is 2. The molecule has 0 bridgehead atoms. The maximum atomic E-state index is 11.7. The number of rotatable bonds is 7. The lowest BCUT2D eigenvalue weighted by Gasteiger charge is -2.11. The number of benzene rings is 1. The highest BCUT2D eigenvalue weighted by Gasteiger charge is 2.09. The lowest BCUT2D eigenvalue weighted by molar-refractivity contribution is -0.123. The van der Waals surface area contributed by atoms with Crippen LogP contribution in [0, 0.1) is 0 Å². The minimum absolute atomic E-state index is 0.181. The molecule has 1 aromatic heterocycles. The molecule has 1 N–H and O–H groups in total. The third-order valence-corrected chi connectivity index (χ3v) is 2.72. The number of aldehydes is 1. The van der Waals surface area contributed by atoms with E-state index in [1.54, 1.807) is 24.3 Å². The molecule has 1 heterocycles. The predicted molar refractivity (Wildman–Crippen MR) is 74.4 cm³/mol. The van der Waals surface area contributed by atoms with Crippen LogP contribution in [0.15, 0.2) is 41.0 Å². The van der Waals surface area contributed by atoms with Crippen LogP contribution in [0.5, 0.6) is 11.5 Å². The summed E-state index contributed by atoms with van der Waals surface area (Å²) in [7, 11) is 1.49. The normalized spacial score (nSPS) is 9.95. The van der Waals surface area contributed by atoms with Gasteiger partial charge in [-0.15, -0.1) is 0 Å². The summed E-state index contributed by atoms with van der Waals surface area (Å²) in [6, 6.07) is 8.24. The fourth-order valence-electron chi connectivity index (χ4n) is 1.67. The lowest BCUT2D eigenvalue weighted by atomic mass is 10.2. The first-order valence-electron chi connectivity index (χ1n) is 6.28. The molecule has 0 fully saturated rings. The van der Waals surface area contributed by atoms with Crippen LogP contribution in [0.25, 0.3) is 0 Å². The number of amides is 1. The van der Waals surface area contributed by atoms with Gasteiger partial charge in [0.25, 0.3) is 5.91 Å². The van der Waals surface area contributed by atoms with E-state index < -0.39 is 0 Å². The molecule has 0 saturated heterocycles. The van der Waals surface area contributed by atoms with Crippen molar-refractivity contribution in [2.45, 2.75) is 6.54 Å². The molecule has 2 rings (SSSR count). The Hall–Kier alpha value is -2.76. The number of ether oxygens (including phenoxy) is 2. The van der Waals surface area contributed by atoms with Gasteiger partial charge in [0.1, 0.15) is 12.0 Å². The Balaban J connectivity index is 1.89. The quantitative estimate of drug-likeness (QED) is 0.786. The Morgan fingerprint density at radius 2 is 2.19 bits per heavy atom. The van der Waals surface area contributed by atoms with E-state index in [4.69, 9.17) is 13.9 Å². The number of carbonyl (C=O) groups is 2. The third kappa shape index (κ3) is 4.10. The molecule has 1 aromatic carbocycles. The molecule has 0 aliphatic rings. The van der Waals surface area contributed by atoms with E-state index in [1.165, 1.54) is 19.4 Å². The Morgan fingerprint density at radius 3 is 2.86 bits per heavy atom. The van der Waals surface area contributed by atoms with Crippen molar-refractivity contribution in [2.24, 2.45) is 0 Å². The highest BCUT2D eigenvalue weighted by Crippen LogP contribution is 2.27. The second kappa shape index (κ2) is 7.14. The zero-order valence-electron chi connectivity index (χ0n) is 11.5. The van der Waals surface area contributed by atoms with Crippen LogP contribution in [-0.2, 0) is 11.3 Å². The fourth-order valence-corrected chi connectivity index (χ4v) is 1.67.